The van der Waals surface area contributed by atoms with Crippen LogP contribution in [0.2, 0.25) is 0 Å². The summed E-state index contributed by atoms with van der Waals surface area (Å²) in [5.41, 5.74) is 1.05. The van der Waals surface area contributed by atoms with Crippen molar-refractivity contribution >= 4 is 28.6 Å². The summed E-state index contributed by atoms with van der Waals surface area (Å²) in [6, 6.07) is 4.15. The molecule has 1 aromatic rings. The number of allylic oxidation sites excluding steroid dienone is 4. The molecule has 3 heteroatoms. The number of aliphatic imine (C=N–C) groups is 1. The highest BCUT2D eigenvalue weighted by Gasteiger charge is 1.93. The molecular weight excluding hydrogens is 216 g/mol. The number of thiophene rings is 1. The van der Waals surface area contributed by atoms with Crippen LogP contribution in [0.5, 0.6) is 0 Å². The molecule has 0 saturated heterocycles. The van der Waals surface area contributed by atoms with E-state index in [4.69, 9.17) is 0 Å². The first-order chi connectivity index (χ1) is 7.80. The quantitative estimate of drug-likeness (QED) is 0.608. The number of nitrogens with one attached hydrogen (secondary N) is 1. The highest BCUT2D eigenvalue weighted by Crippen LogP contribution is 2.22. The summed E-state index contributed by atoms with van der Waals surface area (Å²) in [6.07, 6.45) is 9.60. The standard InChI is InChI=1S/C13H16N2S/c1-4-11(9-10-14-2)5-6-12-7-8-13(15-3)16-12/h4-10,15H,1H2,2-3H3/b6-5+,11-9+,14-10?. The lowest BCUT2D eigenvalue weighted by atomic mass is 10.2. The Bertz CT molecular complexity index is 425. The molecule has 0 aromatic carbocycles. The Morgan fingerprint density at radius 2 is 2.31 bits per heavy atom. The Morgan fingerprint density at radius 1 is 1.50 bits per heavy atom. The fourth-order valence-corrected chi connectivity index (χ4v) is 1.87. The van der Waals surface area contributed by atoms with E-state index in [1.165, 1.54) is 9.88 Å². The second-order valence-corrected chi connectivity index (χ2v) is 4.18. The summed E-state index contributed by atoms with van der Waals surface area (Å²) in [5.74, 6) is 0. The van der Waals surface area contributed by atoms with Crippen LogP contribution in [0.25, 0.3) is 6.08 Å². The molecule has 0 amide bonds. The fraction of sp³-hybridized carbons (Fsp3) is 0.154. The molecule has 0 saturated carbocycles. The van der Waals surface area contributed by atoms with Gasteiger partial charge >= 0.3 is 0 Å². The van der Waals surface area contributed by atoms with Crippen molar-refractivity contribution in [1.82, 2.24) is 0 Å². The van der Waals surface area contributed by atoms with E-state index in [2.05, 4.69) is 35.1 Å². The van der Waals surface area contributed by atoms with Crippen molar-refractivity contribution in [2.45, 2.75) is 0 Å². The van der Waals surface area contributed by atoms with Crippen LogP contribution in [0.1, 0.15) is 4.88 Å². The van der Waals surface area contributed by atoms with E-state index < -0.39 is 0 Å². The largest absolute Gasteiger partial charge is 0.380 e. The molecule has 0 spiro atoms. The molecule has 0 aliphatic rings. The molecule has 1 heterocycles. The van der Waals surface area contributed by atoms with E-state index in [0.29, 0.717) is 0 Å². The monoisotopic (exact) mass is 232 g/mol. The molecule has 0 aliphatic heterocycles. The first-order valence-corrected chi connectivity index (χ1v) is 5.82. The minimum Gasteiger partial charge on any atom is -0.380 e. The van der Waals surface area contributed by atoms with Crippen LogP contribution in [0.3, 0.4) is 0 Å². The SMILES string of the molecule is C=CC(/C=C/c1ccc(NC)s1)=C\C=NC. The van der Waals surface area contributed by atoms with Crippen LogP contribution in [-0.4, -0.2) is 20.3 Å². The molecule has 16 heavy (non-hydrogen) atoms. The van der Waals surface area contributed by atoms with Gasteiger partial charge in [-0.3, -0.25) is 4.99 Å². The lowest BCUT2D eigenvalue weighted by molar-refractivity contribution is 1.47. The summed E-state index contributed by atoms with van der Waals surface area (Å²) in [6.45, 7) is 3.76. The van der Waals surface area contributed by atoms with Crippen LogP contribution in [-0.2, 0) is 0 Å². The van der Waals surface area contributed by atoms with Crippen LogP contribution >= 0.6 is 11.3 Å². The molecule has 0 unspecified atom stereocenters. The van der Waals surface area contributed by atoms with E-state index in [9.17, 15) is 0 Å². The summed E-state index contributed by atoms with van der Waals surface area (Å²) < 4.78 is 0. The van der Waals surface area contributed by atoms with Crippen molar-refractivity contribution in [2.75, 3.05) is 19.4 Å². The highest BCUT2D eigenvalue weighted by molar-refractivity contribution is 7.16. The van der Waals surface area contributed by atoms with Crippen LogP contribution in [0.15, 0.2) is 47.5 Å². The minimum absolute atomic E-state index is 1.05. The molecule has 1 rings (SSSR count). The van der Waals surface area contributed by atoms with Crippen LogP contribution in [0, 0.1) is 0 Å². The van der Waals surface area contributed by atoms with Gasteiger partial charge in [0.2, 0.25) is 0 Å². The number of nitrogens with zero attached hydrogens (tertiary/aromatic N) is 1. The van der Waals surface area contributed by atoms with Gasteiger partial charge in [0, 0.05) is 25.2 Å². The van der Waals surface area contributed by atoms with E-state index >= 15 is 0 Å². The maximum absolute atomic E-state index is 3.91. The van der Waals surface area contributed by atoms with Crippen molar-refractivity contribution in [1.29, 1.82) is 0 Å². The van der Waals surface area contributed by atoms with Crippen molar-refractivity contribution in [2.24, 2.45) is 4.99 Å². The number of hydrogen-bond acceptors (Lipinski definition) is 3. The summed E-state index contributed by atoms with van der Waals surface area (Å²) in [5, 5.41) is 4.28. The third-order valence-corrected chi connectivity index (χ3v) is 3.03. The van der Waals surface area contributed by atoms with Gasteiger partial charge in [-0.15, -0.1) is 11.3 Å². The average Bonchev–Trinajstić information content (AvgIpc) is 2.77. The molecule has 84 valence electrons. The average molecular weight is 232 g/mol. The summed E-state index contributed by atoms with van der Waals surface area (Å²) in [4.78, 5) is 5.12. The van der Waals surface area contributed by atoms with Crippen molar-refractivity contribution < 1.29 is 0 Å². The maximum Gasteiger partial charge on any atom is 0.0886 e. The molecule has 0 aliphatic carbocycles. The zero-order valence-corrected chi connectivity index (χ0v) is 10.4. The molecule has 0 fully saturated rings. The molecule has 1 aromatic heterocycles. The van der Waals surface area contributed by atoms with Gasteiger partial charge in [-0.25, -0.2) is 0 Å². The third kappa shape index (κ3) is 3.87. The van der Waals surface area contributed by atoms with Crippen LogP contribution < -0.4 is 5.32 Å². The number of hydrogen-bond donors (Lipinski definition) is 1. The third-order valence-electron chi connectivity index (χ3n) is 1.96. The second-order valence-electron chi connectivity index (χ2n) is 3.06. The zero-order valence-electron chi connectivity index (χ0n) is 9.60. The Hall–Kier alpha value is -1.61. The topological polar surface area (TPSA) is 24.4 Å². The lowest BCUT2D eigenvalue weighted by Crippen LogP contribution is -1.79. The predicted octanol–water partition coefficient (Wildman–Crippen LogP) is 3.62. The van der Waals surface area contributed by atoms with E-state index in [0.717, 1.165) is 5.57 Å². The van der Waals surface area contributed by atoms with Gasteiger partial charge in [-0.2, -0.15) is 0 Å². The first-order valence-electron chi connectivity index (χ1n) is 5.00. The smallest absolute Gasteiger partial charge is 0.0886 e. The van der Waals surface area contributed by atoms with Gasteiger partial charge in [0.1, 0.15) is 0 Å². The maximum atomic E-state index is 3.91. The van der Waals surface area contributed by atoms with Crippen LogP contribution in [0.4, 0.5) is 5.00 Å². The van der Waals surface area contributed by atoms with Gasteiger partial charge in [0.25, 0.3) is 0 Å². The fourth-order valence-electron chi connectivity index (χ4n) is 1.11. The van der Waals surface area contributed by atoms with E-state index in [-0.39, 0.29) is 0 Å². The Labute approximate surface area is 101 Å². The number of anilines is 1. The molecule has 0 bridgehead atoms. The molecule has 0 radical (unpaired) electrons. The van der Waals surface area contributed by atoms with E-state index in [1.54, 1.807) is 24.6 Å². The minimum atomic E-state index is 1.05. The molecule has 2 nitrogen and oxygen atoms in total. The molecular formula is C13H16N2S. The Morgan fingerprint density at radius 3 is 2.88 bits per heavy atom. The predicted molar refractivity (Wildman–Crippen MR) is 75.6 cm³/mol. The summed E-state index contributed by atoms with van der Waals surface area (Å²) >= 11 is 1.72. The Kier molecular flexibility index (Phi) is 5.29. The van der Waals surface area contributed by atoms with Gasteiger partial charge in [0.05, 0.1) is 5.00 Å². The molecule has 0 atom stereocenters. The second kappa shape index (κ2) is 6.80. The van der Waals surface area contributed by atoms with Crippen molar-refractivity contribution in [3.8, 4) is 0 Å². The zero-order chi connectivity index (χ0) is 11.8. The van der Waals surface area contributed by atoms with Gasteiger partial charge in [0.15, 0.2) is 0 Å². The highest BCUT2D eigenvalue weighted by atomic mass is 32.1. The van der Waals surface area contributed by atoms with Crippen molar-refractivity contribution in [3.05, 3.63) is 47.4 Å². The van der Waals surface area contributed by atoms with Gasteiger partial charge < -0.3 is 5.32 Å². The Balaban J connectivity index is 2.74. The summed E-state index contributed by atoms with van der Waals surface area (Å²) in [7, 11) is 3.67. The van der Waals surface area contributed by atoms with Crippen molar-refractivity contribution in [3.63, 3.8) is 0 Å². The lowest BCUT2D eigenvalue weighted by Gasteiger charge is -1.90. The van der Waals surface area contributed by atoms with Gasteiger partial charge in [-0.1, -0.05) is 18.7 Å². The normalized spacial score (nSPS) is 12.5. The van der Waals surface area contributed by atoms with E-state index in [1.807, 2.05) is 25.3 Å². The number of rotatable bonds is 5. The van der Waals surface area contributed by atoms with Gasteiger partial charge in [-0.05, 0) is 29.9 Å². The first kappa shape index (κ1) is 12.5. The molecule has 1 N–H and O–H groups in total.